The molecule has 2 heterocycles. The smallest absolute Gasteiger partial charge is 0.352 e. The first kappa shape index (κ1) is 9.01. The van der Waals surface area contributed by atoms with E-state index < -0.39 is 5.97 Å². The second-order valence-corrected chi connectivity index (χ2v) is 3.54. The standard InChI is InChI=1S/C8H6BrN3O2/c9-7-3(10)1-4-5(12-7)2-6(11-4)8(13)14/h1-2,11H,10H2,(H,13,14). The highest BCUT2D eigenvalue weighted by Gasteiger charge is 2.09. The lowest BCUT2D eigenvalue weighted by Gasteiger charge is -1.95. The summed E-state index contributed by atoms with van der Waals surface area (Å²) in [6.45, 7) is 0. The van der Waals surface area contributed by atoms with Gasteiger partial charge in [-0.3, -0.25) is 0 Å². The monoisotopic (exact) mass is 255 g/mol. The summed E-state index contributed by atoms with van der Waals surface area (Å²) in [6.07, 6.45) is 0. The molecule has 14 heavy (non-hydrogen) atoms. The molecule has 0 saturated carbocycles. The maximum atomic E-state index is 10.6. The van der Waals surface area contributed by atoms with Crippen LogP contribution in [0.3, 0.4) is 0 Å². The van der Waals surface area contributed by atoms with E-state index >= 15 is 0 Å². The molecule has 6 heteroatoms. The van der Waals surface area contributed by atoms with Gasteiger partial charge in [0.05, 0.1) is 16.7 Å². The van der Waals surface area contributed by atoms with Crippen molar-refractivity contribution in [3.05, 3.63) is 22.4 Å². The number of halogens is 1. The topological polar surface area (TPSA) is 92.0 Å². The number of carbonyl (C=O) groups is 1. The van der Waals surface area contributed by atoms with Crippen molar-refractivity contribution in [2.24, 2.45) is 0 Å². The molecule has 0 atom stereocenters. The third-order valence-electron chi connectivity index (χ3n) is 1.81. The Morgan fingerprint density at radius 3 is 2.93 bits per heavy atom. The minimum absolute atomic E-state index is 0.102. The Hall–Kier alpha value is -1.56. The Balaban J connectivity index is 2.72. The predicted octanol–water partition coefficient (Wildman–Crippen LogP) is 1.61. The number of carboxylic acid groups (broad SMARTS) is 1. The molecule has 2 rings (SSSR count). The van der Waals surface area contributed by atoms with E-state index in [1.54, 1.807) is 6.07 Å². The zero-order chi connectivity index (χ0) is 10.3. The number of H-pyrrole nitrogens is 1. The van der Waals surface area contributed by atoms with Crippen molar-refractivity contribution in [2.75, 3.05) is 5.73 Å². The zero-order valence-corrected chi connectivity index (χ0v) is 8.50. The molecule has 0 saturated heterocycles. The second-order valence-electron chi connectivity index (χ2n) is 2.79. The lowest BCUT2D eigenvalue weighted by atomic mass is 10.3. The Morgan fingerprint density at radius 1 is 1.57 bits per heavy atom. The number of pyridine rings is 1. The van der Waals surface area contributed by atoms with Gasteiger partial charge in [0, 0.05) is 0 Å². The molecular formula is C8H6BrN3O2. The fourth-order valence-corrected chi connectivity index (χ4v) is 1.47. The quantitative estimate of drug-likeness (QED) is 0.676. The molecule has 0 aliphatic heterocycles. The SMILES string of the molecule is Nc1cc2[nH]c(C(=O)O)cc2nc1Br. The van der Waals surface area contributed by atoms with Crippen LogP contribution in [-0.4, -0.2) is 21.0 Å². The van der Waals surface area contributed by atoms with E-state index in [0.29, 0.717) is 21.3 Å². The van der Waals surface area contributed by atoms with Gasteiger partial charge < -0.3 is 15.8 Å². The molecule has 2 aromatic heterocycles. The van der Waals surface area contributed by atoms with Gasteiger partial charge in [0.25, 0.3) is 0 Å². The number of hydrogen-bond acceptors (Lipinski definition) is 3. The molecule has 0 amide bonds. The largest absolute Gasteiger partial charge is 0.477 e. The van der Waals surface area contributed by atoms with Gasteiger partial charge in [0.15, 0.2) is 0 Å². The molecule has 0 aliphatic rings. The molecule has 72 valence electrons. The average molecular weight is 256 g/mol. The van der Waals surface area contributed by atoms with E-state index in [1.165, 1.54) is 6.07 Å². The number of aromatic amines is 1. The maximum Gasteiger partial charge on any atom is 0.352 e. The van der Waals surface area contributed by atoms with E-state index in [1.807, 2.05) is 0 Å². The zero-order valence-electron chi connectivity index (χ0n) is 6.91. The Morgan fingerprint density at radius 2 is 2.29 bits per heavy atom. The third-order valence-corrected chi connectivity index (χ3v) is 2.45. The van der Waals surface area contributed by atoms with Crippen LogP contribution >= 0.6 is 15.9 Å². The van der Waals surface area contributed by atoms with Crippen molar-refractivity contribution >= 4 is 38.6 Å². The molecule has 5 nitrogen and oxygen atoms in total. The summed E-state index contributed by atoms with van der Waals surface area (Å²) < 4.78 is 0.515. The molecule has 2 aromatic rings. The van der Waals surface area contributed by atoms with Gasteiger partial charge in [-0.1, -0.05) is 0 Å². The minimum atomic E-state index is -1.02. The number of nitrogens with zero attached hydrogens (tertiary/aromatic N) is 1. The summed E-state index contributed by atoms with van der Waals surface area (Å²) in [5, 5.41) is 8.72. The number of fused-ring (bicyclic) bond motifs is 1. The molecule has 0 aliphatic carbocycles. The second kappa shape index (κ2) is 2.98. The first-order chi connectivity index (χ1) is 6.58. The Kier molecular flexibility index (Phi) is 1.92. The first-order valence-electron chi connectivity index (χ1n) is 3.76. The molecule has 0 spiro atoms. The summed E-state index contributed by atoms with van der Waals surface area (Å²) in [7, 11) is 0. The molecule has 0 unspecified atom stereocenters. The number of anilines is 1. The number of aromatic carboxylic acids is 1. The first-order valence-corrected chi connectivity index (χ1v) is 4.55. The molecular weight excluding hydrogens is 250 g/mol. The number of carboxylic acids is 1. The molecule has 0 aromatic carbocycles. The van der Waals surface area contributed by atoms with Gasteiger partial charge >= 0.3 is 5.97 Å². The summed E-state index contributed by atoms with van der Waals surface area (Å²) >= 11 is 3.17. The van der Waals surface area contributed by atoms with E-state index in [9.17, 15) is 4.79 Å². The lowest BCUT2D eigenvalue weighted by Crippen LogP contribution is -1.94. The van der Waals surface area contributed by atoms with E-state index in [4.69, 9.17) is 10.8 Å². The van der Waals surface area contributed by atoms with Crippen molar-refractivity contribution in [3.63, 3.8) is 0 Å². The highest BCUT2D eigenvalue weighted by molar-refractivity contribution is 9.10. The molecule has 0 fully saturated rings. The summed E-state index contributed by atoms with van der Waals surface area (Å²) in [6, 6.07) is 3.10. The van der Waals surface area contributed by atoms with Crippen molar-refractivity contribution in [1.29, 1.82) is 0 Å². The minimum Gasteiger partial charge on any atom is -0.477 e. The predicted molar refractivity (Wildman–Crippen MR) is 55.2 cm³/mol. The van der Waals surface area contributed by atoms with Crippen molar-refractivity contribution in [1.82, 2.24) is 9.97 Å². The van der Waals surface area contributed by atoms with Crippen LogP contribution in [0.1, 0.15) is 10.5 Å². The highest BCUT2D eigenvalue weighted by atomic mass is 79.9. The molecule has 0 bridgehead atoms. The summed E-state index contributed by atoms with van der Waals surface area (Å²) in [5.41, 5.74) is 7.35. The Labute approximate surface area is 87.1 Å². The third kappa shape index (κ3) is 1.33. The Bertz CT molecular complexity index is 482. The fourth-order valence-electron chi connectivity index (χ4n) is 1.16. The van der Waals surface area contributed by atoms with E-state index in [0.717, 1.165) is 0 Å². The number of nitrogens with two attached hydrogens (primary N) is 1. The van der Waals surface area contributed by atoms with Crippen molar-refractivity contribution in [3.8, 4) is 0 Å². The van der Waals surface area contributed by atoms with E-state index in [-0.39, 0.29) is 5.69 Å². The van der Waals surface area contributed by atoms with Crippen molar-refractivity contribution < 1.29 is 9.90 Å². The number of nitrogens with one attached hydrogen (secondary N) is 1. The molecule has 0 radical (unpaired) electrons. The van der Waals surface area contributed by atoms with Crippen LogP contribution in [0.15, 0.2) is 16.7 Å². The number of rotatable bonds is 1. The fraction of sp³-hybridized carbons (Fsp3) is 0. The average Bonchev–Trinajstić information content (AvgIpc) is 2.48. The normalized spacial score (nSPS) is 10.6. The van der Waals surface area contributed by atoms with E-state index in [2.05, 4.69) is 25.9 Å². The summed E-state index contributed by atoms with van der Waals surface area (Å²) in [4.78, 5) is 17.4. The number of nitrogen functional groups attached to an aromatic ring is 1. The van der Waals surface area contributed by atoms with Gasteiger partial charge in [0.1, 0.15) is 10.3 Å². The van der Waals surface area contributed by atoms with Crippen molar-refractivity contribution in [2.45, 2.75) is 0 Å². The van der Waals surface area contributed by atoms with Crippen LogP contribution in [0.2, 0.25) is 0 Å². The van der Waals surface area contributed by atoms with Crippen LogP contribution in [0.5, 0.6) is 0 Å². The van der Waals surface area contributed by atoms with Crippen LogP contribution in [0.4, 0.5) is 5.69 Å². The van der Waals surface area contributed by atoms with Crippen LogP contribution in [0.25, 0.3) is 11.0 Å². The van der Waals surface area contributed by atoms with Crippen LogP contribution in [0, 0.1) is 0 Å². The maximum absolute atomic E-state index is 10.6. The van der Waals surface area contributed by atoms with Gasteiger partial charge in [-0.2, -0.15) is 0 Å². The number of aromatic nitrogens is 2. The summed E-state index contributed by atoms with van der Waals surface area (Å²) in [5.74, 6) is -1.02. The highest BCUT2D eigenvalue weighted by Crippen LogP contribution is 2.22. The van der Waals surface area contributed by atoms with Crippen LogP contribution < -0.4 is 5.73 Å². The van der Waals surface area contributed by atoms with Gasteiger partial charge in [-0.15, -0.1) is 0 Å². The lowest BCUT2D eigenvalue weighted by molar-refractivity contribution is 0.0691. The van der Waals surface area contributed by atoms with Gasteiger partial charge in [-0.05, 0) is 28.1 Å². The number of hydrogen-bond donors (Lipinski definition) is 3. The van der Waals surface area contributed by atoms with Gasteiger partial charge in [0.2, 0.25) is 0 Å². The van der Waals surface area contributed by atoms with Gasteiger partial charge in [-0.25, -0.2) is 9.78 Å². The molecule has 4 N–H and O–H groups in total. The van der Waals surface area contributed by atoms with Crippen LogP contribution in [-0.2, 0) is 0 Å².